The van der Waals surface area contributed by atoms with Crippen LogP contribution in [0.4, 0.5) is 5.82 Å². The predicted octanol–water partition coefficient (Wildman–Crippen LogP) is 0.671. The second-order valence-electron chi connectivity index (χ2n) is 2.36. The van der Waals surface area contributed by atoms with E-state index in [1.165, 1.54) is 6.33 Å². The minimum atomic E-state index is 0.743. The van der Waals surface area contributed by atoms with Crippen molar-refractivity contribution in [1.82, 2.24) is 9.97 Å². The van der Waals surface area contributed by atoms with Crippen LogP contribution in [0.1, 0.15) is 6.42 Å². The lowest BCUT2D eigenvalue weighted by molar-refractivity contribution is 0.321. The van der Waals surface area contributed by atoms with Gasteiger partial charge in [-0.05, 0) is 6.42 Å². The number of nitrogens with one attached hydrogen (secondary N) is 1. The zero-order valence-corrected chi connectivity index (χ0v) is 6.08. The highest BCUT2D eigenvalue weighted by atomic mass is 16.5. The molecule has 0 radical (unpaired) electrons. The maximum atomic E-state index is 5.36. The number of rotatable bonds is 0. The molecule has 4 nitrogen and oxygen atoms in total. The van der Waals surface area contributed by atoms with Crippen molar-refractivity contribution in [2.75, 3.05) is 18.5 Å². The Balaban J connectivity index is 2.33. The van der Waals surface area contributed by atoms with Gasteiger partial charge >= 0.3 is 0 Å². The Labute approximate surface area is 64.6 Å². The van der Waals surface area contributed by atoms with E-state index in [9.17, 15) is 0 Å². The first-order chi connectivity index (χ1) is 5.47. The number of ether oxygens (including phenoxy) is 1. The van der Waals surface area contributed by atoms with Crippen molar-refractivity contribution in [3.63, 3.8) is 0 Å². The number of fused-ring (bicyclic) bond motifs is 1. The third-order valence-electron chi connectivity index (χ3n) is 1.55. The van der Waals surface area contributed by atoms with Crippen LogP contribution in [-0.4, -0.2) is 23.1 Å². The summed E-state index contributed by atoms with van der Waals surface area (Å²) < 4.78 is 5.36. The molecule has 0 unspecified atom stereocenters. The molecule has 1 aromatic rings. The number of aromatic nitrogens is 2. The summed E-state index contributed by atoms with van der Waals surface area (Å²) in [5.74, 6) is 1.56. The molecule has 0 fully saturated rings. The molecule has 0 saturated heterocycles. The standard InChI is InChI=1S/C7H9N3O/c1-2-9-7-6(11-3-1)4-8-5-10-7/h4-5H,1-3H2,(H,8,9,10). The fraction of sp³-hybridized carbons (Fsp3) is 0.429. The average molecular weight is 151 g/mol. The minimum Gasteiger partial charge on any atom is -0.488 e. The Morgan fingerprint density at radius 1 is 1.55 bits per heavy atom. The highest BCUT2D eigenvalue weighted by Gasteiger charge is 2.07. The Bertz CT molecular complexity index is 226. The maximum Gasteiger partial charge on any atom is 0.179 e. The molecule has 4 heteroatoms. The molecule has 2 rings (SSSR count). The van der Waals surface area contributed by atoms with Gasteiger partial charge in [0, 0.05) is 6.54 Å². The molecule has 0 atom stereocenters. The number of anilines is 1. The van der Waals surface area contributed by atoms with E-state index in [1.807, 2.05) is 0 Å². The quantitative estimate of drug-likeness (QED) is 0.592. The summed E-state index contributed by atoms with van der Waals surface area (Å²) >= 11 is 0. The van der Waals surface area contributed by atoms with Crippen LogP contribution in [0.25, 0.3) is 0 Å². The number of hydrogen-bond acceptors (Lipinski definition) is 4. The van der Waals surface area contributed by atoms with Gasteiger partial charge in [0.25, 0.3) is 0 Å². The van der Waals surface area contributed by atoms with Crippen LogP contribution >= 0.6 is 0 Å². The van der Waals surface area contributed by atoms with Gasteiger partial charge in [-0.1, -0.05) is 0 Å². The van der Waals surface area contributed by atoms with E-state index in [0.717, 1.165) is 31.1 Å². The Hall–Kier alpha value is -1.32. The van der Waals surface area contributed by atoms with Crippen molar-refractivity contribution >= 4 is 5.82 Å². The van der Waals surface area contributed by atoms with Gasteiger partial charge in [-0.3, -0.25) is 0 Å². The zero-order valence-electron chi connectivity index (χ0n) is 6.08. The normalized spacial score (nSPS) is 15.6. The summed E-state index contributed by atoms with van der Waals surface area (Å²) in [5, 5.41) is 3.15. The second kappa shape index (κ2) is 2.74. The molecule has 2 heterocycles. The monoisotopic (exact) mass is 151 g/mol. The Morgan fingerprint density at radius 3 is 3.55 bits per heavy atom. The van der Waals surface area contributed by atoms with E-state index >= 15 is 0 Å². The molecule has 58 valence electrons. The molecule has 11 heavy (non-hydrogen) atoms. The summed E-state index contributed by atoms with van der Waals surface area (Å²) in [7, 11) is 0. The summed E-state index contributed by atoms with van der Waals surface area (Å²) in [5.41, 5.74) is 0. The van der Waals surface area contributed by atoms with Crippen LogP contribution in [0.2, 0.25) is 0 Å². The van der Waals surface area contributed by atoms with Crippen molar-refractivity contribution in [2.24, 2.45) is 0 Å². The van der Waals surface area contributed by atoms with Gasteiger partial charge < -0.3 is 10.1 Å². The van der Waals surface area contributed by atoms with Crippen molar-refractivity contribution < 1.29 is 4.74 Å². The SMILES string of the molecule is c1ncc2c(n1)NCCCO2. The molecule has 0 amide bonds. The van der Waals surface area contributed by atoms with Gasteiger partial charge in [0.2, 0.25) is 0 Å². The molecule has 0 bridgehead atoms. The zero-order chi connectivity index (χ0) is 7.52. The number of hydrogen-bond donors (Lipinski definition) is 1. The summed E-state index contributed by atoms with van der Waals surface area (Å²) in [6.07, 6.45) is 4.21. The van der Waals surface area contributed by atoms with Crippen molar-refractivity contribution in [1.29, 1.82) is 0 Å². The van der Waals surface area contributed by atoms with Gasteiger partial charge in [0.05, 0.1) is 12.8 Å². The highest BCUT2D eigenvalue weighted by Crippen LogP contribution is 2.21. The first-order valence-corrected chi connectivity index (χ1v) is 3.63. The average Bonchev–Trinajstić information content (AvgIpc) is 2.28. The maximum absolute atomic E-state index is 5.36. The second-order valence-corrected chi connectivity index (χ2v) is 2.36. The van der Waals surface area contributed by atoms with Crippen molar-refractivity contribution in [3.8, 4) is 5.75 Å². The topological polar surface area (TPSA) is 47.0 Å². The molecule has 0 aromatic carbocycles. The van der Waals surface area contributed by atoms with Crippen LogP contribution in [-0.2, 0) is 0 Å². The fourth-order valence-electron chi connectivity index (χ4n) is 1.02. The lowest BCUT2D eigenvalue weighted by Crippen LogP contribution is -2.01. The predicted molar refractivity (Wildman–Crippen MR) is 40.6 cm³/mol. The van der Waals surface area contributed by atoms with E-state index in [1.54, 1.807) is 6.20 Å². The molecule has 1 aromatic heterocycles. The van der Waals surface area contributed by atoms with E-state index in [2.05, 4.69) is 15.3 Å². The lowest BCUT2D eigenvalue weighted by atomic mass is 10.4. The van der Waals surface area contributed by atoms with Crippen LogP contribution < -0.4 is 10.1 Å². The third-order valence-corrected chi connectivity index (χ3v) is 1.55. The van der Waals surface area contributed by atoms with E-state index in [-0.39, 0.29) is 0 Å². The fourth-order valence-corrected chi connectivity index (χ4v) is 1.02. The smallest absolute Gasteiger partial charge is 0.179 e. The van der Waals surface area contributed by atoms with Gasteiger partial charge in [-0.15, -0.1) is 0 Å². The molecule has 0 saturated carbocycles. The molecule has 0 aliphatic carbocycles. The molecular weight excluding hydrogens is 142 g/mol. The number of nitrogens with zero attached hydrogens (tertiary/aromatic N) is 2. The summed E-state index contributed by atoms with van der Waals surface area (Å²) in [6, 6.07) is 0. The van der Waals surface area contributed by atoms with Crippen LogP contribution in [0, 0.1) is 0 Å². The first kappa shape index (κ1) is 6.39. The van der Waals surface area contributed by atoms with Gasteiger partial charge in [-0.25, -0.2) is 9.97 Å². The summed E-state index contributed by atoms with van der Waals surface area (Å²) in [6.45, 7) is 1.66. The van der Waals surface area contributed by atoms with E-state index in [0.29, 0.717) is 0 Å². The largest absolute Gasteiger partial charge is 0.488 e. The van der Waals surface area contributed by atoms with Gasteiger partial charge in [-0.2, -0.15) is 0 Å². The molecule has 1 aliphatic rings. The van der Waals surface area contributed by atoms with Gasteiger partial charge in [0.1, 0.15) is 6.33 Å². The molecular formula is C7H9N3O. The van der Waals surface area contributed by atoms with E-state index < -0.39 is 0 Å². The van der Waals surface area contributed by atoms with Crippen LogP contribution in [0.3, 0.4) is 0 Å². The Morgan fingerprint density at radius 2 is 2.55 bits per heavy atom. The molecule has 1 N–H and O–H groups in total. The minimum absolute atomic E-state index is 0.743. The van der Waals surface area contributed by atoms with Crippen molar-refractivity contribution in [3.05, 3.63) is 12.5 Å². The van der Waals surface area contributed by atoms with E-state index in [4.69, 9.17) is 4.74 Å². The molecule has 0 spiro atoms. The highest BCUT2D eigenvalue weighted by molar-refractivity contribution is 5.48. The summed E-state index contributed by atoms with van der Waals surface area (Å²) in [4.78, 5) is 7.90. The molecule has 1 aliphatic heterocycles. The van der Waals surface area contributed by atoms with Crippen LogP contribution in [0.15, 0.2) is 12.5 Å². The first-order valence-electron chi connectivity index (χ1n) is 3.63. The third kappa shape index (κ3) is 1.24. The van der Waals surface area contributed by atoms with Crippen molar-refractivity contribution in [2.45, 2.75) is 6.42 Å². The Kier molecular flexibility index (Phi) is 1.59. The van der Waals surface area contributed by atoms with Crippen LogP contribution in [0.5, 0.6) is 5.75 Å². The van der Waals surface area contributed by atoms with Gasteiger partial charge in [0.15, 0.2) is 11.6 Å². The lowest BCUT2D eigenvalue weighted by Gasteiger charge is -2.03.